The van der Waals surface area contributed by atoms with Crippen molar-refractivity contribution in [2.45, 2.75) is 83.2 Å². The second-order valence-electron chi connectivity index (χ2n) is 13.2. The van der Waals surface area contributed by atoms with Gasteiger partial charge in [-0.25, -0.2) is 13.2 Å². The molecular weight excluding hydrogens is 707 g/mol. The van der Waals surface area contributed by atoms with Crippen LogP contribution in [0.1, 0.15) is 67.4 Å². The predicted molar refractivity (Wildman–Crippen MR) is 187 cm³/mol. The van der Waals surface area contributed by atoms with Crippen LogP contribution in [-0.2, 0) is 20.9 Å². The fourth-order valence-corrected chi connectivity index (χ4v) is 7.21. The number of carbonyl (C=O) groups is 2. The minimum absolute atomic E-state index is 0.0703. The monoisotopic (exact) mass is 753 g/mol. The highest BCUT2D eigenvalue weighted by molar-refractivity contribution is 7.92. The number of benzene rings is 2. The molecule has 3 aromatic rings. The summed E-state index contributed by atoms with van der Waals surface area (Å²) in [5.41, 5.74) is -0.318. The summed E-state index contributed by atoms with van der Waals surface area (Å²) in [6, 6.07) is 7.27. The first-order chi connectivity index (χ1) is 24.4. The molecule has 3 amide bonds. The van der Waals surface area contributed by atoms with Crippen LogP contribution in [0.5, 0.6) is 5.75 Å². The second kappa shape index (κ2) is 17.0. The van der Waals surface area contributed by atoms with Crippen molar-refractivity contribution >= 4 is 33.3 Å². The number of nitrogens with one attached hydrogen (secondary N) is 2. The topological polar surface area (TPSA) is 164 Å². The van der Waals surface area contributed by atoms with E-state index in [0.717, 1.165) is 18.6 Å². The third kappa shape index (κ3) is 10.2. The number of hydrogen-bond donors (Lipinski definition) is 3. The van der Waals surface area contributed by atoms with E-state index in [1.54, 1.807) is 6.92 Å². The van der Waals surface area contributed by atoms with Gasteiger partial charge in [-0.05, 0) is 89.4 Å². The molecular formula is C35H46F3N5O8S. The van der Waals surface area contributed by atoms with Crippen molar-refractivity contribution in [3.05, 3.63) is 65.0 Å². The lowest BCUT2D eigenvalue weighted by atomic mass is 10.0. The number of ether oxygens (including phenoxy) is 2. The number of nitrogens with zero attached hydrogens (tertiary/aromatic N) is 3. The van der Waals surface area contributed by atoms with E-state index in [4.69, 9.17) is 14.0 Å². The molecule has 13 nitrogen and oxygen atoms in total. The number of fused-ring (bicyclic) bond motifs is 1. The number of hydrogen-bond acceptors (Lipinski definition) is 9. The summed E-state index contributed by atoms with van der Waals surface area (Å²) in [4.78, 5) is 30.2. The number of aliphatic hydroxyl groups is 1. The number of anilines is 2. The predicted octanol–water partition coefficient (Wildman–Crippen LogP) is 6.07. The number of rotatable bonds is 8. The number of sulfonamides is 1. The summed E-state index contributed by atoms with van der Waals surface area (Å²) < 4.78 is 85.6. The van der Waals surface area contributed by atoms with Crippen molar-refractivity contribution in [2.75, 3.05) is 43.4 Å². The summed E-state index contributed by atoms with van der Waals surface area (Å²) in [6.45, 7) is 8.47. The summed E-state index contributed by atoms with van der Waals surface area (Å²) in [5.74, 6) is -0.581. The molecule has 1 aliphatic heterocycles. The van der Waals surface area contributed by atoms with Gasteiger partial charge in [-0.15, -0.1) is 0 Å². The van der Waals surface area contributed by atoms with Gasteiger partial charge in [0.15, 0.2) is 10.7 Å². The Morgan fingerprint density at radius 2 is 1.79 bits per heavy atom. The Labute approximate surface area is 301 Å². The van der Waals surface area contributed by atoms with Crippen molar-refractivity contribution < 1.29 is 50.3 Å². The van der Waals surface area contributed by atoms with Crippen molar-refractivity contribution in [1.82, 2.24) is 15.0 Å². The van der Waals surface area contributed by atoms with E-state index in [1.807, 2.05) is 13.8 Å². The van der Waals surface area contributed by atoms with Crippen LogP contribution in [0.4, 0.5) is 29.3 Å². The molecule has 2 heterocycles. The van der Waals surface area contributed by atoms with E-state index in [0.29, 0.717) is 19.4 Å². The molecule has 0 radical (unpaired) electrons. The lowest BCUT2D eigenvalue weighted by Gasteiger charge is -2.35. The molecule has 52 heavy (non-hydrogen) atoms. The van der Waals surface area contributed by atoms with Gasteiger partial charge in [0.05, 0.1) is 36.0 Å². The van der Waals surface area contributed by atoms with Crippen LogP contribution in [0.15, 0.2) is 51.9 Å². The molecule has 0 bridgehead atoms. The first-order valence-corrected chi connectivity index (χ1v) is 18.4. The third-order valence-electron chi connectivity index (χ3n) is 8.80. The third-order valence-corrected chi connectivity index (χ3v) is 10.4. The Kier molecular flexibility index (Phi) is 13.2. The van der Waals surface area contributed by atoms with Crippen molar-refractivity contribution in [3.63, 3.8) is 0 Å². The molecule has 0 saturated carbocycles. The van der Waals surface area contributed by atoms with E-state index < -0.39 is 51.8 Å². The van der Waals surface area contributed by atoms with Crippen LogP contribution in [0.2, 0.25) is 0 Å². The van der Waals surface area contributed by atoms with Gasteiger partial charge in [0.1, 0.15) is 11.4 Å². The van der Waals surface area contributed by atoms with Gasteiger partial charge in [0, 0.05) is 44.0 Å². The summed E-state index contributed by atoms with van der Waals surface area (Å²) >= 11 is 0. The molecule has 2 aromatic carbocycles. The molecule has 1 aliphatic rings. The molecule has 0 saturated heterocycles. The number of likely N-dealkylation sites (N-methyl/N-ethyl adjacent to an activating group) is 1. The highest BCUT2D eigenvalue weighted by atomic mass is 32.2. The van der Waals surface area contributed by atoms with Gasteiger partial charge in [-0.2, -0.15) is 13.2 Å². The molecule has 0 fully saturated rings. The number of amides is 3. The van der Waals surface area contributed by atoms with Crippen LogP contribution in [0.25, 0.3) is 0 Å². The maximum Gasteiger partial charge on any atom is 0.416 e. The maximum absolute atomic E-state index is 14.4. The minimum Gasteiger partial charge on any atom is -0.490 e. The number of aromatic nitrogens is 1. The Hall–Kier alpha value is -4.35. The Morgan fingerprint density at radius 3 is 2.40 bits per heavy atom. The summed E-state index contributed by atoms with van der Waals surface area (Å²) in [5, 5.41) is 16.5. The van der Waals surface area contributed by atoms with Crippen LogP contribution in [0.3, 0.4) is 0 Å². The van der Waals surface area contributed by atoms with Crippen molar-refractivity contribution in [1.29, 1.82) is 0 Å². The molecule has 0 unspecified atom stereocenters. The first kappa shape index (κ1) is 40.4. The van der Waals surface area contributed by atoms with Crippen LogP contribution < -0.4 is 14.8 Å². The molecule has 17 heteroatoms. The van der Waals surface area contributed by atoms with Gasteiger partial charge >= 0.3 is 12.2 Å². The highest BCUT2D eigenvalue weighted by Gasteiger charge is 2.33. The zero-order valence-corrected chi connectivity index (χ0v) is 30.8. The average molecular weight is 754 g/mol. The van der Waals surface area contributed by atoms with Crippen LogP contribution in [0, 0.1) is 19.8 Å². The second-order valence-corrected chi connectivity index (χ2v) is 14.8. The van der Waals surface area contributed by atoms with E-state index in [1.165, 1.54) is 61.0 Å². The van der Waals surface area contributed by atoms with Gasteiger partial charge in [-0.1, -0.05) is 12.1 Å². The molecule has 1 aromatic heterocycles. The zero-order chi connectivity index (χ0) is 38.4. The minimum atomic E-state index is -4.51. The molecule has 4 atom stereocenters. The Morgan fingerprint density at radius 1 is 1.12 bits per heavy atom. The van der Waals surface area contributed by atoms with Crippen molar-refractivity contribution in [3.8, 4) is 5.75 Å². The number of urea groups is 1. The Balaban J connectivity index is 1.60. The summed E-state index contributed by atoms with van der Waals surface area (Å²) in [6.07, 6.45) is -3.41. The number of aliphatic hydroxyl groups excluding tert-OH is 1. The molecule has 0 spiro atoms. The fourth-order valence-electron chi connectivity index (χ4n) is 5.83. The largest absolute Gasteiger partial charge is 0.490 e. The zero-order valence-electron chi connectivity index (χ0n) is 30.0. The SMILES string of the molecule is Cc1noc(C)c1S(=O)(=O)Nc1ccc2c(c1)C(=O)N([C@H](C)CO)C[C@@H](C)[C@H](CN(C)C(=O)Nc1ccc(C(F)(F)F)cc1)OCCCC[C@@H](C)O2. The molecule has 4 rings (SSSR count). The molecule has 3 N–H and O–H groups in total. The van der Waals surface area contributed by atoms with Crippen LogP contribution >= 0.6 is 0 Å². The molecule has 0 aliphatic carbocycles. The standard InChI is InChI=1S/C35H46F3N5O8S/c1-21-18-43(22(2)20-44)33(45)29-17-28(41-52(47,48)32-24(4)40-51-25(32)5)14-15-30(29)50-23(3)9-7-8-16-49-31(21)19-42(6)34(46)39-27-12-10-26(11-13-27)35(36,37)38/h10-15,17,21-23,31,41,44H,7-9,16,18-20H2,1-6H3,(H,39,46)/t21-,22-,23-,31+/m1/s1. The summed E-state index contributed by atoms with van der Waals surface area (Å²) in [7, 11) is -2.61. The van der Waals surface area contributed by atoms with E-state index in [-0.39, 0.29) is 64.8 Å². The number of halogens is 3. The highest BCUT2D eigenvalue weighted by Crippen LogP contribution is 2.32. The number of alkyl halides is 3. The first-order valence-electron chi connectivity index (χ1n) is 16.9. The van der Waals surface area contributed by atoms with Crippen LogP contribution in [-0.4, -0.2) is 92.0 Å². The van der Waals surface area contributed by atoms with E-state index in [9.17, 15) is 36.3 Å². The van der Waals surface area contributed by atoms with Crippen molar-refractivity contribution in [2.24, 2.45) is 5.92 Å². The van der Waals surface area contributed by atoms with Gasteiger partial charge in [0.2, 0.25) is 0 Å². The lowest BCUT2D eigenvalue weighted by Crippen LogP contribution is -2.48. The normalized spacial score (nSPS) is 19.9. The fraction of sp³-hybridized carbons (Fsp3) is 0.514. The van der Waals surface area contributed by atoms with Gasteiger partial charge in [-0.3, -0.25) is 9.52 Å². The Bertz CT molecular complexity index is 1780. The average Bonchev–Trinajstić information content (AvgIpc) is 3.43. The molecule has 286 valence electrons. The van der Waals surface area contributed by atoms with E-state index in [2.05, 4.69) is 15.2 Å². The van der Waals surface area contributed by atoms with Gasteiger partial charge < -0.3 is 34.2 Å². The maximum atomic E-state index is 14.4. The van der Waals surface area contributed by atoms with Gasteiger partial charge in [0.25, 0.3) is 15.9 Å². The number of carbonyl (C=O) groups excluding carboxylic acids is 2. The number of aryl methyl sites for hydroxylation is 2. The quantitative estimate of drug-likeness (QED) is 0.248. The van der Waals surface area contributed by atoms with E-state index >= 15 is 0 Å². The lowest BCUT2D eigenvalue weighted by molar-refractivity contribution is -0.137. The smallest absolute Gasteiger partial charge is 0.416 e.